The van der Waals surface area contributed by atoms with Gasteiger partial charge < -0.3 is 9.84 Å². The Morgan fingerprint density at radius 3 is 2.92 bits per heavy atom. The van der Waals surface area contributed by atoms with Crippen molar-refractivity contribution in [1.82, 2.24) is 20.0 Å². The van der Waals surface area contributed by atoms with Crippen LogP contribution in [0.25, 0.3) is 11.4 Å². The number of anilines is 1. The third kappa shape index (κ3) is 3.30. The zero-order chi connectivity index (χ0) is 17.9. The van der Waals surface area contributed by atoms with Crippen molar-refractivity contribution >= 4 is 5.82 Å². The maximum atomic E-state index is 14.0. The third-order valence-electron chi connectivity index (χ3n) is 4.70. The van der Waals surface area contributed by atoms with E-state index in [1.165, 1.54) is 6.07 Å². The largest absolute Gasteiger partial charge is 0.373 e. The van der Waals surface area contributed by atoms with Crippen molar-refractivity contribution in [2.24, 2.45) is 0 Å². The molecule has 1 N–H and O–H groups in total. The second-order valence-corrected chi connectivity index (χ2v) is 6.36. The van der Waals surface area contributed by atoms with Crippen LogP contribution in [-0.4, -0.2) is 33.6 Å². The van der Waals surface area contributed by atoms with Crippen LogP contribution in [0.4, 0.5) is 10.2 Å². The van der Waals surface area contributed by atoms with Gasteiger partial charge in [0.25, 0.3) is 0 Å². The highest BCUT2D eigenvalue weighted by Crippen LogP contribution is 2.33. The molecular formula is C19H20FN5O. The molecule has 2 aromatic heterocycles. The lowest BCUT2D eigenvalue weighted by Gasteiger charge is -2.21. The fraction of sp³-hybridized carbons (Fsp3) is 0.316. The zero-order valence-electron chi connectivity index (χ0n) is 14.5. The van der Waals surface area contributed by atoms with Crippen molar-refractivity contribution in [2.75, 3.05) is 18.9 Å². The van der Waals surface area contributed by atoms with Gasteiger partial charge in [0, 0.05) is 30.9 Å². The Kier molecular flexibility index (Phi) is 4.62. The number of hydrogen-bond donors (Lipinski definition) is 1. The summed E-state index contributed by atoms with van der Waals surface area (Å²) in [7, 11) is 1.82. The number of nitrogens with zero attached hydrogens (tertiary/aromatic N) is 4. The number of rotatable bonds is 5. The summed E-state index contributed by atoms with van der Waals surface area (Å²) in [5.41, 5.74) is 1.49. The number of likely N-dealkylation sites (tertiary alicyclic amines) is 1. The SMILES string of the molecule is CNc1ccc(-c2noc(C3CCCN3Cc3ccccc3F)n2)cn1. The van der Waals surface area contributed by atoms with E-state index >= 15 is 0 Å². The van der Waals surface area contributed by atoms with Gasteiger partial charge in [0.1, 0.15) is 11.6 Å². The minimum Gasteiger partial charge on any atom is -0.373 e. The standard InChI is InChI=1S/C19H20FN5O/c1-21-17-9-8-13(11-22-17)18-23-19(26-24-18)16-7-4-10-25(16)12-14-5-2-3-6-15(14)20/h2-3,5-6,8-9,11,16H,4,7,10,12H2,1H3,(H,21,22). The number of halogens is 1. The highest BCUT2D eigenvalue weighted by Gasteiger charge is 2.31. The molecule has 6 nitrogen and oxygen atoms in total. The number of pyridine rings is 1. The fourth-order valence-electron chi connectivity index (χ4n) is 3.30. The molecule has 134 valence electrons. The molecule has 1 aliphatic heterocycles. The van der Waals surface area contributed by atoms with Crippen LogP contribution >= 0.6 is 0 Å². The van der Waals surface area contributed by atoms with Crippen molar-refractivity contribution < 1.29 is 8.91 Å². The average Bonchev–Trinajstić information content (AvgIpc) is 3.33. The number of aromatic nitrogens is 3. The Bertz CT molecular complexity index is 880. The summed E-state index contributed by atoms with van der Waals surface area (Å²) < 4.78 is 19.5. The van der Waals surface area contributed by atoms with Crippen LogP contribution in [0.5, 0.6) is 0 Å². The van der Waals surface area contributed by atoms with Crippen LogP contribution in [0.3, 0.4) is 0 Å². The van der Waals surface area contributed by atoms with Crippen LogP contribution in [-0.2, 0) is 6.54 Å². The minimum absolute atomic E-state index is 0.0143. The lowest BCUT2D eigenvalue weighted by Crippen LogP contribution is -2.23. The Morgan fingerprint density at radius 1 is 1.27 bits per heavy atom. The van der Waals surface area contributed by atoms with E-state index in [0.717, 1.165) is 30.8 Å². The molecule has 0 amide bonds. The first-order valence-corrected chi connectivity index (χ1v) is 8.70. The second-order valence-electron chi connectivity index (χ2n) is 6.36. The quantitative estimate of drug-likeness (QED) is 0.755. The molecule has 7 heteroatoms. The van der Waals surface area contributed by atoms with Gasteiger partial charge in [-0.3, -0.25) is 4.90 Å². The van der Waals surface area contributed by atoms with E-state index in [4.69, 9.17) is 4.52 Å². The van der Waals surface area contributed by atoms with Gasteiger partial charge in [-0.15, -0.1) is 0 Å². The van der Waals surface area contributed by atoms with Crippen molar-refractivity contribution in [3.05, 3.63) is 59.9 Å². The molecule has 1 aliphatic rings. The smallest absolute Gasteiger partial charge is 0.244 e. The van der Waals surface area contributed by atoms with E-state index in [2.05, 4.69) is 25.3 Å². The van der Waals surface area contributed by atoms with E-state index in [0.29, 0.717) is 23.8 Å². The van der Waals surface area contributed by atoms with E-state index in [1.807, 2.05) is 31.3 Å². The monoisotopic (exact) mass is 353 g/mol. The number of benzene rings is 1. The zero-order valence-corrected chi connectivity index (χ0v) is 14.5. The Balaban J connectivity index is 1.53. The molecule has 1 saturated heterocycles. The van der Waals surface area contributed by atoms with Crippen molar-refractivity contribution in [1.29, 1.82) is 0 Å². The van der Waals surface area contributed by atoms with Gasteiger partial charge in [-0.05, 0) is 37.6 Å². The molecular weight excluding hydrogens is 333 g/mol. The van der Waals surface area contributed by atoms with Crippen LogP contribution in [0.2, 0.25) is 0 Å². The normalized spacial score (nSPS) is 17.5. The summed E-state index contributed by atoms with van der Waals surface area (Å²) in [6.07, 6.45) is 3.66. The first-order valence-electron chi connectivity index (χ1n) is 8.70. The van der Waals surface area contributed by atoms with Gasteiger partial charge in [0.15, 0.2) is 0 Å². The topological polar surface area (TPSA) is 67.1 Å². The average molecular weight is 353 g/mol. The Morgan fingerprint density at radius 2 is 2.15 bits per heavy atom. The molecule has 1 fully saturated rings. The second kappa shape index (κ2) is 7.21. The summed E-state index contributed by atoms with van der Waals surface area (Å²) in [5.74, 6) is 1.70. The van der Waals surface area contributed by atoms with Gasteiger partial charge >= 0.3 is 0 Å². The maximum Gasteiger partial charge on any atom is 0.244 e. The third-order valence-corrected chi connectivity index (χ3v) is 4.70. The fourth-order valence-corrected chi connectivity index (χ4v) is 3.30. The van der Waals surface area contributed by atoms with Crippen molar-refractivity contribution in [3.63, 3.8) is 0 Å². The van der Waals surface area contributed by atoms with E-state index in [-0.39, 0.29) is 11.9 Å². The molecule has 0 spiro atoms. The number of nitrogens with one attached hydrogen (secondary N) is 1. The van der Waals surface area contributed by atoms with Gasteiger partial charge in [-0.1, -0.05) is 23.4 Å². The van der Waals surface area contributed by atoms with Crippen LogP contribution in [0.1, 0.15) is 30.3 Å². The van der Waals surface area contributed by atoms with Gasteiger partial charge in [0.05, 0.1) is 6.04 Å². The summed E-state index contributed by atoms with van der Waals surface area (Å²) in [6, 6.07) is 10.7. The van der Waals surface area contributed by atoms with Crippen molar-refractivity contribution in [3.8, 4) is 11.4 Å². The minimum atomic E-state index is -0.180. The van der Waals surface area contributed by atoms with Crippen LogP contribution in [0.15, 0.2) is 47.1 Å². The van der Waals surface area contributed by atoms with Gasteiger partial charge in [-0.2, -0.15) is 4.98 Å². The summed E-state index contributed by atoms with van der Waals surface area (Å²) >= 11 is 0. The molecule has 26 heavy (non-hydrogen) atoms. The predicted molar refractivity (Wildman–Crippen MR) is 95.9 cm³/mol. The van der Waals surface area contributed by atoms with E-state index in [9.17, 15) is 4.39 Å². The molecule has 0 aliphatic carbocycles. The molecule has 3 heterocycles. The van der Waals surface area contributed by atoms with Gasteiger partial charge in [0.2, 0.25) is 11.7 Å². The molecule has 0 bridgehead atoms. The molecule has 4 rings (SSSR count). The van der Waals surface area contributed by atoms with Crippen molar-refractivity contribution in [2.45, 2.75) is 25.4 Å². The Hall–Kier alpha value is -2.80. The van der Waals surface area contributed by atoms with Crippen LogP contribution < -0.4 is 5.32 Å². The molecule has 1 unspecified atom stereocenters. The molecule has 1 aromatic carbocycles. The van der Waals surface area contributed by atoms with E-state index < -0.39 is 0 Å². The Labute approximate surface area is 151 Å². The molecule has 3 aromatic rings. The molecule has 1 atom stereocenters. The maximum absolute atomic E-state index is 14.0. The summed E-state index contributed by atoms with van der Waals surface area (Å²) in [4.78, 5) is 11.0. The summed E-state index contributed by atoms with van der Waals surface area (Å²) in [5, 5.41) is 7.07. The highest BCUT2D eigenvalue weighted by molar-refractivity contribution is 5.55. The molecule has 0 saturated carbocycles. The molecule has 0 radical (unpaired) electrons. The first-order chi connectivity index (χ1) is 12.7. The summed E-state index contributed by atoms with van der Waals surface area (Å²) in [6.45, 7) is 1.42. The predicted octanol–water partition coefficient (Wildman–Crippen LogP) is 3.65. The van der Waals surface area contributed by atoms with Crippen LogP contribution in [0, 0.1) is 5.82 Å². The highest BCUT2D eigenvalue weighted by atomic mass is 19.1. The van der Waals surface area contributed by atoms with E-state index in [1.54, 1.807) is 12.3 Å². The number of hydrogen-bond acceptors (Lipinski definition) is 6. The van der Waals surface area contributed by atoms with Gasteiger partial charge in [-0.25, -0.2) is 9.37 Å². The first kappa shape index (κ1) is 16.7. The lowest BCUT2D eigenvalue weighted by molar-refractivity contribution is 0.199. The lowest BCUT2D eigenvalue weighted by atomic mass is 10.1.